The Bertz CT molecular complexity index is 916. The normalized spacial score (nSPS) is 12.0. The minimum atomic E-state index is -0.440. The Kier molecular flexibility index (Phi) is 5.43. The summed E-state index contributed by atoms with van der Waals surface area (Å²) >= 11 is 5.87. The van der Waals surface area contributed by atoms with Gasteiger partial charge in [-0.15, -0.1) is 0 Å². The van der Waals surface area contributed by atoms with Gasteiger partial charge in [-0.25, -0.2) is 14.3 Å². The fraction of sp³-hybridized carbons (Fsp3) is 0.238. The topological polar surface area (TPSA) is 44.1 Å². The molecular weight excluding hydrogens is 348 g/mol. The minimum absolute atomic E-state index is 0.0204. The molecule has 0 aliphatic carbocycles. The zero-order valence-electron chi connectivity index (χ0n) is 15.1. The third-order valence-electron chi connectivity index (χ3n) is 4.64. The third-order valence-corrected chi connectivity index (χ3v) is 4.89. The molecule has 2 aromatic carbocycles. The quantitative estimate of drug-likeness (QED) is 0.611. The molecule has 1 aromatic heterocycles. The van der Waals surface area contributed by atoms with E-state index in [0.717, 1.165) is 11.1 Å². The van der Waals surface area contributed by atoms with Crippen LogP contribution in [0, 0.1) is 13.8 Å². The molecule has 134 valence electrons. The molecule has 0 N–H and O–H groups in total. The highest BCUT2D eigenvalue weighted by Crippen LogP contribution is 2.27. The maximum absolute atomic E-state index is 12.5. The molecular formula is C21H21ClN2O2. The lowest BCUT2D eigenvalue weighted by Gasteiger charge is -2.17. The number of carbonyl (C=O) groups excluding carboxylic acids is 1. The van der Waals surface area contributed by atoms with Crippen LogP contribution in [0.5, 0.6) is 0 Å². The number of carbonyl (C=O) groups is 1. The maximum atomic E-state index is 12.5. The largest absolute Gasteiger partial charge is 0.444 e. The van der Waals surface area contributed by atoms with Crippen LogP contribution in [0.1, 0.15) is 40.9 Å². The highest BCUT2D eigenvalue weighted by molar-refractivity contribution is 6.30. The Morgan fingerprint density at radius 3 is 2.65 bits per heavy atom. The zero-order chi connectivity index (χ0) is 18.7. The van der Waals surface area contributed by atoms with Gasteiger partial charge in [0.05, 0.1) is 0 Å². The lowest BCUT2D eigenvalue weighted by Crippen LogP contribution is -2.18. The Balaban J connectivity index is 1.78. The molecule has 0 aliphatic rings. The Hall–Kier alpha value is -2.59. The number of halogens is 1. The van der Waals surface area contributed by atoms with Crippen molar-refractivity contribution in [2.45, 2.75) is 33.3 Å². The van der Waals surface area contributed by atoms with E-state index in [1.165, 1.54) is 15.7 Å². The maximum Gasteiger partial charge on any atom is 0.419 e. The minimum Gasteiger partial charge on any atom is -0.444 e. The number of rotatable bonds is 4. The molecule has 0 amide bonds. The van der Waals surface area contributed by atoms with Crippen molar-refractivity contribution in [2.24, 2.45) is 0 Å². The van der Waals surface area contributed by atoms with E-state index >= 15 is 0 Å². The van der Waals surface area contributed by atoms with Crippen LogP contribution in [-0.4, -0.2) is 15.6 Å². The van der Waals surface area contributed by atoms with Gasteiger partial charge in [-0.1, -0.05) is 48.9 Å². The molecule has 26 heavy (non-hydrogen) atoms. The van der Waals surface area contributed by atoms with E-state index in [9.17, 15) is 4.79 Å². The molecule has 0 aliphatic heterocycles. The monoisotopic (exact) mass is 368 g/mol. The van der Waals surface area contributed by atoms with Gasteiger partial charge in [0.25, 0.3) is 0 Å². The van der Waals surface area contributed by atoms with Crippen LogP contribution in [0.4, 0.5) is 4.79 Å². The molecule has 1 heterocycles. The molecule has 0 unspecified atom stereocenters. The number of imidazole rings is 1. The van der Waals surface area contributed by atoms with Crippen molar-refractivity contribution in [1.29, 1.82) is 0 Å². The Labute approximate surface area is 158 Å². The van der Waals surface area contributed by atoms with Gasteiger partial charge in [-0.05, 0) is 48.2 Å². The van der Waals surface area contributed by atoms with Crippen molar-refractivity contribution in [3.63, 3.8) is 0 Å². The summed E-state index contributed by atoms with van der Waals surface area (Å²) in [6.07, 6.45) is 2.83. The van der Waals surface area contributed by atoms with Gasteiger partial charge in [-0.3, -0.25) is 0 Å². The second-order valence-electron chi connectivity index (χ2n) is 6.35. The van der Waals surface area contributed by atoms with Crippen LogP contribution in [0.2, 0.25) is 5.02 Å². The van der Waals surface area contributed by atoms with Crippen molar-refractivity contribution in [3.8, 4) is 0 Å². The molecule has 0 spiro atoms. The van der Waals surface area contributed by atoms with Gasteiger partial charge in [0.15, 0.2) is 0 Å². The molecule has 5 heteroatoms. The summed E-state index contributed by atoms with van der Waals surface area (Å²) in [5.74, 6) is 0.646. The molecule has 1 atom stereocenters. The summed E-state index contributed by atoms with van der Waals surface area (Å²) in [6, 6.07) is 13.4. The first-order valence-electron chi connectivity index (χ1n) is 8.48. The number of aryl methyl sites for hydroxylation is 1. The van der Waals surface area contributed by atoms with Crippen LogP contribution in [0.15, 0.2) is 54.9 Å². The molecule has 4 nitrogen and oxygen atoms in total. The van der Waals surface area contributed by atoms with E-state index in [-0.39, 0.29) is 12.5 Å². The van der Waals surface area contributed by atoms with Crippen molar-refractivity contribution < 1.29 is 9.53 Å². The molecule has 0 fully saturated rings. The molecule has 0 bridgehead atoms. The average molecular weight is 369 g/mol. The predicted octanol–water partition coefficient (Wildman–Crippen LogP) is 5.49. The van der Waals surface area contributed by atoms with E-state index in [0.29, 0.717) is 10.8 Å². The van der Waals surface area contributed by atoms with E-state index in [2.05, 4.69) is 31.0 Å². The van der Waals surface area contributed by atoms with Crippen LogP contribution in [0.3, 0.4) is 0 Å². The number of benzene rings is 2. The van der Waals surface area contributed by atoms with E-state index in [1.807, 2.05) is 25.1 Å². The summed E-state index contributed by atoms with van der Waals surface area (Å²) in [4.78, 5) is 16.9. The zero-order valence-corrected chi connectivity index (χ0v) is 15.8. The van der Waals surface area contributed by atoms with Crippen molar-refractivity contribution in [3.05, 3.63) is 88.0 Å². The summed E-state index contributed by atoms with van der Waals surface area (Å²) in [5.41, 5.74) is 4.47. The first kappa shape index (κ1) is 18.2. The van der Waals surface area contributed by atoms with Crippen molar-refractivity contribution in [1.82, 2.24) is 9.55 Å². The fourth-order valence-corrected chi connectivity index (χ4v) is 3.09. The van der Waals surface area contributed by atoms with Gasteiger partial charge in [0, 0.05) is 23.3 Å². The van der Waals surface area contributed by atoms with Crippen LogP contribution in [0.25, 0.3) is 0 Å². The second kappa shape index (κ2) is 7.75. The molecule has 3 aromatic rings. The average Bonchev–Trinajstić information content (AvgIpc) is 3.12. The second-order valence-corrected chi connectivity index (χ2v) is 6.78. The summed E-state index contributed by atoms with van der Waals surface area (Å²) < 4.78 is 6.91. The van der Waals surface area contributed by atoms with Gasteiger partial charge in [-0.2, -0.15) is 0 Å². The highest BCUT2D eigenvalue weighted by atomic mass is 35.5. The van der Waals surface area contributed by atoms with E-state index < -0.39 is 6.09 Å². The van der Waals surface area contributed by atoms with Gasteiger partial charge in [0.2, 0.25) is 0 Å². The summed E-state index contributed by atoms with van der Waals surface area (Å²) in [6.45, 7) is 6.41. The Morgan fingerprint density at radius 2 is 1.92 bits per heavy atom. The molecule has 0 radical (unpaired) electrons. The number of ether oxygens (including phenoxy) is 1. The summed E-state index contributed by atoms with van der Waals surface area (Å²) in [5, 5.41) is 0.652. The van der Waals surface area contributed by atoms with Crippen LogP contribution in [-0.2, 0) is 11.3 Å². The predicted molar refractivity (Wildman–Crippen MR) is 103 cm³/mol. The highest BCUT2D eigenvalue weighted by Gasteiger charge is 2.20. The first-order valence-corrected chi connectivity index (χ1v) is 8.86. The Morgan fingerprint density at radius 1 is 1.19 bits per heavy atom. The van der Waals surface area contributed by atoms with Crippen molar-refractivity contribution in [2.75, 3.05) is 0 Å². The first-order chi connectivity index (χ1) is 12.5. The standard InChI is InChI=1S/C21H21ClN2O2/c1-14-5-4-6-19(15(14)2)16(3)20-23-11-12-24(20)21(25)26-13-17-7-9-18(22)10-8-17/h4-12,16H,13H2,1-3H3/t16-/m0/s1. The van der Waals surface area contributed by atoms with Crippen LogP contribution < -0.4 is 0 Å². The van der Waals surface area contributed by atoms with Crippen LogP contribution >= 0.6 is 11.6 Å². The smallest absolute Gasteiger partial charge is 0.419 e. The van der Waals surface area contributed by atoms with Gasteiger partial charge in [0.1, 0.15) is 12.4 Å². The molecule has 0 saturated heterocycles. The summed E-state index contributed by atoms with van der Waals surface area (Å²) in [7, 11) is 0. The lowest BCUT2D eigenvalue weighted by molar-refractivity contribution is 0.140. The SMILES string of the molecule is Cc1cccc([C@H](C)c2nccn2C(=O)OCc2ccc(Cl)cc2)c1C. The van der Waals surface area contributed by atoms with Crippen molar-refractivity contribution >= 4 is 17.7 Å². The number of hydrogen-bond acceptors (Lipinski definition) is 3. The van der Waals surface area contributed by atoms with E-state index in [4.69, 9.17) is 16.3 Å². The molecule has 3 rings (SSSR count). The number of nitrogens with zero attached hydrogens (tertiary/aromatic N) is 2. The lowest BCUT2D eigenvalue weighted by atomic mass is 9.93. The van der Waals surface area contributed by atoms with E-state index in [1.54, 1.807) is 24.5 Å². The third kappa shape index (κ3) is 3.81. The van der Waals surface area contributed by atoms with Gasteiger partial charge >= 0.3 is 6.09 Å². The fourth-order valence-electron chi connectivity index (χ4n) is 2.97. The number of aromatic nitrogens is 2. The number of hydrogen-bond donors (Lipinski definition) is 0. The molecule has 0 saturated carbocycles. The van der Waals surface area contributed by atoms with Gasteiger partial charge < -0.3 is 4.74 Å².